The second kappa shape index (κ2) is 5.05. The van der Waals surface area contributed by atoms with Crippen molar-refractivity contribution in [1.82, 2.24) is 0 Å². The Labute approximate surface area is 129 Å². The summed E-state index contributed by atoms with van der Waals surface area (Å²) in [4.78, 5) is 12.6. The molecule has 0 saturated heterocycles. The lowest BCUT2D eigenvalue weighted by molar-refractivity contribution is 0.0681. The van der Waals surface area contributed by atoms with Gasteiger partial charge in [-0.05, 0) is 19.4 Å². The second-order valence-corrected chi connectivity index (χ2v) is 5.85. The third-order valence-electron chi connectivity index (χ3n) is 4.25. The van der Waals surface area contributed by atoms with Crippen LogP contribution in [0.4, 0.5) is 0 Å². The molecule has 0 spiro atoms. The van der Waals surface area contributed by atoms with E-state index in [2.05, 4.69) is 0 Å². The SMILES string of the molecule is Cc1ccc(C2Oc3c(C)c(O)cc(O)c3C(=O)C2C)cc1. The highest BCUT2D eigenvalue weighted by molar-refractivity contribution is 6.04. The fraction of sp³-hybridized carbons (Fsp3) is 0.278. The highest BCUT2D eigenvalue weighted by Gasteiger charge is 2.38. The van der Waals surface area contributed by atoms with Crippen LogP contribution in [0.5, 0.6) is 17.2 Å². The predicted molar refractivity (Wildman–Crippen MR) is 82.6 cm³/mol. The number of ether oxygens (including phenoxy) is 1. The number of phenols is 2. The van der Waals surface area contributed by atoms with E-state index >= 15 is 0 Å². The fourth-order valence-electron chi connectivity index (χ4n) is 2.82. The average molecular weight is 298 g/mol. The molecule has 2 unspecified atom stereocenters. The van der Waals surface area contributed by atoms with Gasteiger partial charge in [0.05, 0.1) is 5.92 Å². The zero-order valence-electron chi connectivity index (χ0n) is 12.8. The zero-order chi connectivity index (χ0) is 16.0. The van der Waals surface area contributed by atoms with Crippen molar-refractivity contribution in [2.75, 3.05) is 0 Å². The van der Waals surface area contributed by atoms with Gasteiger partial charge in [-0.15, -0.1) is 0 Å². The van der Waals surface area contributed by atoms with Crippen LogP contribution in [0, 0.1) is 19.8 Å². The molecule has 114 valence electrons. The van der Waals surface area contributed by atoms with E-state index in [0.29, 0.717) is 5.56 Å². The summed E-state index contributed by atoms with van der Waals surface area (Å²) in [6.45, 7) is 5.45. The molecule has 0 radical (unpaired) electrons. The smallest absolute Gasteiger partial charge is 0.177 e. The maximum absolute atomic E-state index is 12.6. The van der Waals surface area contributed by atoms with E-state index in [1.165, 1.54) is 6.07 Å². The molecule has 1 aliphatic heterocycles. The molecule has 2 atom stereocenters. The summed E-state index contributed by atoms with van der Waals surface area (Å²) in [7, 11) is 0. The monoisotopic (exact) mass is 298 g/mol. The Balaban J connectivity index is 2.12. The molecular weight excluding hydrogens is 280 g/mol. The number of Topliss-reactive ketones (excluding diaryl/α,β-unsaturated/α-hetero) is 1. The van der Waals surface area contributed by atoms with Crippen LogP contribution in [0.2, 0.25) is 0 Å². The summed E-state index contributed by atoms with van der Waals surface area (Å²) >= 11 is 0. The lowest BCUT2D eigenvalue weighted by atomic mass is 9.85. The number of fused-ring (bicyclic) bond motifs is 1. The first kappa shape index (κ1) is 14.4. The van der Waals surface area contributed by atoms with Gasteiger partial charge in [0.2, 0.25) is 0 Å². The molecular formula is C18H18O4. The minimum absolute atomic E-state index is 0.0822. The molecule has 2 aromatic carbocycles. The molecule has 0 aliphatic carbocycles. The standard InChI is InChI=1S/C18H18O4/c1-9-4-6-12(7-5-9)17-11(3)16(21)15-14(20)8-13(19)10(2)18(15)22-17/h4-8,11,17,19-20H,1-3H3. The van der Waals surface area contributed by atoms with Crippen LogP contribution in [0.15, 0.2) is 30.3 Å². The van der Waals surface area contributed by atoms with E-state index < -0.39 is 12.0 Å². The van der Waals surface area contributed by atoms with Crippen molar-refractivity contribution in [2.45, 2.75) is 26.9 Å². The van der Waals surface area contributed by atoms with Gasteiger partial charge in [0.1, 0.15) is 28.9 Å². The van der Waals surface area contributed by atoms with Gasteiger partial charge in [0.15, 0.2) is 5.78 Å². The van der Waals surface area contributed by atoms with E-state index in [1.54, 1.807) is 13.8 Å². The largest absolute Gasteiger partial charge is 0.507 e. The zero-order valence-corrected chi connectivity index (χ0v) is 12.8. The predicted octanol–water partition coefficient (Wildman–Crippen LogP) is 3.67. The molecule has 4 nitrogen and oxygen atoms in total. The second-order valence-electron chi connectivity index (χ2n) is 5.85. The number of aromatic hydroxyl groups is 2. The molecule has 1 aliphatic rings. The van der Waals surface area contributed by atoms with Gasteiger partial charge in [-0.1, -0.05) is 36.8 Å². The van der Waals surface area contributed by atoms with Crippen molar-refractivity contribution in [2.24, 2.45) is 5.92 Å². The molecule has 4 heteroatoms. The Morgan fingerprint density at radius 3 is 2.32 bits per heavy atom. The van der Waals surface area contributed by atoms with Crippen LogP contribution < -0.4 is 4.74 Å². The van der Waals surface area contributed by atoms with Gasteiger partial charge in [-0.3, -0.25) is 4.79 Å². The summed E-state index contributed by atoms with van der Waals surface area (Å²) in [6.07, 6.45) is -0.430. The number of benzene rings is 2. The summed E-state index contributed by atoms with van der Waals surface area (Å²) in [5, 5.41) is 19.8. The molecule has 1 heterocycles. The number of carbonyl (C=O) groups excluding carboxylic acids is 1. The van der Waals surface area contributed by atoms with Crippen LogP contribution in [-0.4, -0.2) is 16.0 Å². The van der Waals surface area contributed by atoms with Crippen LogP contribution in [0.3, 0.4) is 0 Å². The van der Waals surface area contributed by atoms with Crippen LogP contribution in [0.1, 0.15) is 40.1 Å². The van der Waals surface area contributed by atoms with Crippen LogP contribution >= 0.6 is 0 Å². The summed E-state index contributed by atoms with van der Waals surface area (Å²) in [5.74, 6) is -0.637. The van der Waals surface area contributed by atoms with Crippen molar-refractivity contribution in [3.05, 3.63) is 52.6 Å². The topological polar surface area (TPSA) is 66.8 Å². The maximum Gasteiger partial charge on any atom is 0.177 e. The number of aryl methyl sites for hydroxylation is 1. The Bertz CT molecular complexity index is 747. The van der Waals surface area contributed by atoms with Crippen molar-refractivity contribution < 1.29 is 19.7 Å². The highest BCUT2D eigenvalue weighted by atomic mass is 16.5. The number of ketones is 1. The number of carbonyl (C=O) groups is 1. The number of phenolic OH excluding ortho intramolecular Hbond substituents is 2. The molecule has 0 bridgehead atoms. The maximum atomic E-state index is 12.6. The van der Waals surface area contributed by atoms with E-state index in [4.69, 9.17) is 4.74 Å². The first-order valence-electron chi connectivity index (χ1n) is 7.23. The third kappa shape index (κ3) is 2.11. The van der Waals surface area contributed by atoms with E-state index in [-0.39, 0.29) is 28.6 Å². The van der Waals surface area contributed by atoms with Crippen LogP contribution in [0.25, 0.3) is 0 Å². The van der Waals surface area contributed by atoms with Crippen molar-refractivity contribution >= 4 is 5.78 Å². The Morgan fingerprint density at radius 2 is 1.68 bits per heavy atom. The van der Waals surface area contributed by atoms with Crippen molar-refractivity contribution in [3.63, 3.8) is 0 Å². The molecule has 0 fully saturated rings. The molecule has 2 N–H and O–H groups in total. The number of rotatable bonds is 1. The molecule has 2 aromatic rings. The Kier molecular flexibility index (Phi) is 3.32. The fourth-order valence-corrected chi connectivity index (χ4v) is 2.82. The van der Waals surface area contributed by atoms with Gasteiger partial charge >= 0.3 is 0 Å². The normalized spacial score (nSPS) is 20.4. The van der Waals surface area contributed by atoms with E-state index in [0.717, 1.165) is 11.1 Å². The van der Waals surface area contributed by atoms with E-state index in [9.17, 15) is 15.0 Å². The number of hydrogen-bond donors (Lipinski definition) is 2. The summed E-state index contributed by atoms with van der Waals surface area (Å²) in [5.41, 5.74) is 2.65. The third-order valence-corrected chi connectivity index (χ3v) is 4.25. The number of hydrogen-bond acceptors (Lipinski definition) is 4. The molecule has 0 saturated carbocycles. The van der Waals surface area contributed by atoms with Gasteiger partial charge in [0, 0.05) is 11.6 Å². The average Bonchev–Trinajstić information content (AvgIpc) is 2.48. The lowest BCUT2D eigenvalue weighted by Gasteiger charge is -2.32. The Morgan fingerprint density at radius 1 is 1.05 bits per heavy atom. The van der Waals surface area contributed by atoms with Gasteiger partial charge in [-0.2, -0.15) is 0 Å². The lowest BCUT2D eigenvalue weighted by Crippen LogP contribution is -2.30. The molecule has 0 aromatic heterocycles. The highest BCUT2D eigenvalue weighted by Crippen LogP contribution is 2.46. The van der Waals surface area contributed by atoms with Crippen molar-refractivity contribution in [1.29, 1.82) is 0 Å². The minimum Gasteiger partial charge on any atom is -0.507 e. The van der Waals surface area contributed by atoms with Gasteiger partial charge < -0.3 is 14.9 Å². The molecule has 0 amide bonds. The molecule has 3 rings (SSSR count). The summed E-state index contributed by atoms with van der Waals surface area (Å²) < 4.78 is 5.99. The first-order valence-corrected chi connectivity index (χ1v) is 7.23. The Hall–Kier alpha value is -2.49. The van der Waals surface area contributed by atoms with Crippen LogP contribution in [-0.2, 0) is 0 Å². The van der Waals surface area contributed by atoms with Crippen molar-refractivity contribution in [3.8, 4) is 17.2 Å². The van der Waals surface area contributed by atoms with Gasteiger partial charge in [-0.25, -0.2) is 0 Å². The molecule has 22 heavy (non-hydrogen) atoms. The summed E-state index contributed by atoms with van der Waals surface area (Å²) in [6, 6.07) is 9.00. The minimum atomic E-state index is -0.430. The first-order chi connectivity index (χ1) is 10.4. The van der Waals surface area contributed by atoms with Gasteiger partial charge in [0.25, 0.3) is 0 Å². The quantitative estimate of drug-likeness (QED) is 0.843. The van der Waals surface area contributed by atoms with E-state index in [1.807, 2.05) is 31.2 Å².